The highest BCUT2D eigenvalue weighted by Gasteiger charge is 2.20. The van der Waals surface area contributed by atoms with Gasteiger partial charge in [-0.25, -0.2) is 9.59 Å². The molecule has 10 nitrogen and oxygen atoms in total. The number of likely N-dealkylation sites (N-methyl/N-ethyl adjacent to an activating group) is 1. The van der Waals surface area contributed by atoms with Crippen molar-refractivity contribution in [2.45, 2.75) is 32.8 Å². The van der Waals surface area contributed by atoms with Crippen molar-refractivity contribution in [1.29, 1.82) is 0 Å². The molecule has 43 heavy (non-hydrogen) atoms. The number of carbonyl (C=O) groups excluding carboxylic acids is 4. The highest BCUT2D eigenvalue weighted by Crippen LogP contribution is 2.23. The number of pyridine rings is 1. The minimum atomic E-state index is -0.609. The molecule has 0 bridgehead atoms. The first-order chi connectivity index (χ1) is 20.4. The summed E-state index contributed by atoms with van der Waals surface area (Å²) in [6.45, 7) is 5.92. The van der Waals surface area contributed by atoms with E-state index in [1.807, 2.05) is 57.2 Å². The molecular formula is C33H34N4O6. The van der Waals surface area contributed by atoms with E-state index in [4.69, 9.17) is 9.47 Å². The van der Waals surface area contributed by atoms with Crippen LogP contribution in [-0.4, -0.2) is 60.1 Å². The van der Waals surface area contributed by atoms with Crippen molar-refractivity contribution in [3.8, 4) is 0 Å². The van der Waals surface area contributed by atoms with Crippen molar-refractivity contribution in [3.05, 3.63) is 101 Å². The highest BCUT2D eigenvalue weighted by molar-refractivity contribution is 6.13. The molecule has 0 saturated carbocycles. The molecule has 0 aliphatic rings. The zero-order chi connectivity index (χ0) is 31.1. The third-order valence-corrected chi connectivity index (χ3v) is 6.44. The lowest BCUT2D eigenvalue weighted by Gasteiger charge is -2.24. The zero-order valence-corrected chi connectivity index (χ0v) is 24.8. The third kappa shape index (κ3) is 8.16. The average molecular weight is 583 g/mol. The van der Waals surface area contributed by atoms with Crippen molar-refractivity contribution in [2.75, 3.05) is 31.3 Å². The van der Waals surface area contributed by atoms with Crippen LogP contribution in [0, 0.1) is 0 Å². The van der Waals surface area contributed by atoms with Crippen LogP contribution in [0.25, 0.3) is 10.9 Å². The molecule has 0 aliphatic heterocycles. The lowest BCUT2D eigenvalue weighted by molar-refractivity contribution is 0.0300. The van der Waals surface area contributed by atoms with Crippen LogP contribution >= 0.6 is 0 Å². The number of fused-ring (bicyclic) bond motifs is 1. The van der Waals surface area contributed by atoms with Crippen LogP contribution in [0.4, 0.5) is 16.2 Å². The normalized spacial score (nSPS) is 11.0. The van der Waals surface area contributed by atoms with E-state index < -0.39 is 29.5 Å². The molecule has 4 aromatic rings. The van der Waals surface area contributed by atoms with Crippen LogP contribution in [0.3, 0.4) is 0 Å². The Labute approximate surface area is 250 Å². The average Bonchev–Trinajstić information content (AvgIpc) is 2.98. The van der Waals surface area contributed by atoms with E-state index in [0.29, 0.717) is 24.2 Å². The molecule has 222 valence electrons. The summed E-state index contributed by atoms with van der Waals surface area (Å²) in [5.41, 5.74) is 2.43. The standard InChI is InChI=1S/C33H34N4O6/c1-33(2,3)43-32(41)37(4)17-16-21-10-13-25(14-11-21)35-30(39)26-15-12-23(31(40)42-5)19-28(26)36-29(38)24-18-22-8-6-7-9-27(22)34-20-24/h6-15,18-20H,16-17H2,1-5H3,(H,35,39)(H,36,38). The second-order valence-corrected chi connectivity index (χ2v) is 10.9. The van der Waals surface area contributed by atoms with Gasteiger partial charge in [-0.3, -0.25) is 14.6 Å². The van der Waals surface area contributed by atoms with E-state index in [2.05, 4.69) is 15.6 Å². The fraction of sp³-hybridized carbons (Fsp3) is 0.242. The van der Waals surface area contributed by atoms with Gasteiger partial charge in [0.25, 0.3) is 11.8 Å². The molecule has 0 fully saturated rings. The topological polar surface area (TPSA) is 127 Å². The summed E-state index contributed by atoms with van der Waals surface area (Å²) in [7, 11) is 2.93. The molecule has 10 heteroatoms. The summed E-state index contributed by atoms with van der Waals surface area (Å²) in [4.78, 5) is 56.7. The minimum absolute atomic E-state index is 0.139. The van der Waals surface area contributed by atoms with Crippen molar-refractivity contribution in [3.63, 3.8) is 0 Å². The Morgan fingerprint density at radius 1 is 0.860 bits per heavy atom. The fourth-order valence-corrected chi connectivity index (χ4v) is 4.16. The van der Waals surface area contributed by atoms with Gasteiger partial charge >= 0.3 is 12.1 Å². The van der Waals surface area contributed by atoms with Gasteiger partial charge in [0.15, 0.2) is 0 Å². The summed E-state index contributed by atoms with van der Waals surface area (Å²) in [6, 6.07) is 20.6. The molecule has 4 rings (SSSR count). The van der Waals surface area contributed by atoms with E-state index in [0.717, 1.165) is 16.5 Å². The van der Waals surface area contributed by atoms with Crippen LogP contribution in [0.5, 0.6) is 0 Å². The summed E-state index contributed by atoms with van der Waals surface area (Å²) < 4.78 is 10.2. The van der Waals surface area contributed by atoms with Gasteiger partial charge in [-0.05, 0) is 75.2 Å². The van der Waals surface area contributed by atoms with E-state index in [1.165, 1.54) is 36.4 Å². The largest absolute Gasteiger partial charge is 0.465 e. The molecule has 0 radical (unpaired) electrons. The molecular weight excluding hydrogens is 548 g/mol. The second kappa shape index (κ2) is 13.2. The van der Waals surface area contributed by atoms with E-state index in [9.17, 15) is 19.2 Å². The summed E-state index contributed by atoms with van der Waals surface area (Å²) in [5.74, 6) is -1.58. The molecule has 0 unspecified atom stereocenters. The van der Waals surface area contributed by atoms with E-state index in [-0.39, 0.29) is 16.8 Å². The molecule has 1 aromatic heterocycles. The lowest BCUT2D eigenvalue weighted by atomic mass is 10.1. The first-order valence-corrected chi connectivity index (χ1v) is 13.7. The number of methoxy groups -OCH3 is 1. The number of aromatic nitrogens is 1. The molecule has 3 amide bonds. The summed E-state index contributed by atoms with van der Waals surface area (Å²) in [5, 5.41) is 6.37. The Balaban J connectivity index is 1.47. The van der Waals surface area contributed by atoms with Gasteiger partial charge in [0.1, 0.15) is 5.60 Å². The number of anilines is 2. The number of esters is 1. The quantitative estimate of drug-likeness (QED) is 0.246. The smallest absolute Gasteiger partial charge is 0.410 e. The molecule has 0 spiro atoms. The maximum Gasteiger partial charge on any atom is 0.410 e. The van der Waals surface area contributed by atoms with Crippen molar-refractivity contribution >= 4 is 46.2 Å². The molecule has 1 heterocycles. The maximum absolute atomic E-state index is 13.3. The Morgan fingerprint density at radius 2 is 1.58 bits per heavy atom. The molecule has 2 N–H and O–H groups in total. The monoisotopic (exact) mass is 582 g/mol. The first-order valence-electron chi connectivity index (χ1n) is 13.7. The van der Waals surface area contributed by atoms with Crippen LogP contribution in [-0.2, 0) is 15.9 Å². The Hall–Kier alpha value is -5.25. The van der Waals surface area contributed by atoms with Gasteiger partial charge in [0.2, 0.25) is 0 Å². The molecule has 3 aromatic carbocycles. The molecule has 0 atom stereocenters. The number of carbonyl (C=O) groups is 4. The minimum Gasteiger partial charge on any atom is -0.465 e. The Kier molecular flexibility index (Phi) is 9.39. The zero-order valence-electron chi connectivity index (χ0n) is 24.8. The number of ether oxygens (including phenoxy) is 2. The Morgan fingerprint density at radius 3 is 2.28 bits per heavy atom. The predicted molar refractivity (Wildman–Crippen MR) is 164 cm³/mol. The van der Waals surface area contributed by atoms with Crippen LogP contribution in [0.2, 0.25) is 0 Å². The number of hydrogen-bond acceptors (Lipinski definition) is 7. The van der Waals surface area contributed by atoms with Gasteiger partial charge in [-0.2, -0.15) is 0 Å². The second-order valence-electron chi connectivity index (χ2n) is 10.9. The van der Waals surface area contributed by atoms with Gasteiger partial charge < -0.3 is 25.0 Å². The number of nitrogens with one attached hydrogen (secondary N) is 2. The van der Waals surface area contributed by atoms with Gasteiger partial charge in [0.05, 0.1) is 35.0 Å². The third-order valence-electron chi connectivity index (χ3n) is 6.44. The number of rotatable bonds is 8. The van der Waals surface area contributed by atoms with E-state index in [1.54, 1.807) is 25.2 Å². The first kappa shape index (κ1) is 30.7. The van der Waals surface area contributed by atoms with Crippen LogP contribution in [0.15, 0.2) is 79.0 Å². The number of nitrogens with zero attached hydrogens (tertiary/aromatic N) is 2. The van der Waals surface area contributed by atoms with Crippen molar-refractivity contribution < 1.29 is 28.7 Å². The summed E-state index contributed by atoms with van der Waals surface area (Å²) in [6.07, 6.45) is 1.65. The van der Waals surface area contributed by atoms with E-state index >= 15 is 0 Å². The molecule has 0 saturated heterocycles. The highest BCUT2D eigenvalue weighted by atomic mass is 16.6. The maximum atomic E-state index is 13.3. The lowest BCUT2D eigenvalue weighted by Crippen LogP contribution is -2.35. The fourth-order valence-electron chi connectivity index (χ4n) is 4.16. The Bertz CT molecular complexity index is 1660. The number of benzene rings is 3. The van der Waals surface area contributed by atoms with Crippen molar-refractivity contribution in [1.82, 2.24) is 9.88 Å². The number of amides is 3. The van der Waals surface area contributed by atoms with Crippen LogP contribution < -0.4 is 10.6 Å². The predicted octanol–water partition coefficient (Wildman–Crippen LogP) is 5.94. The van der Waals surface area contributed by atoms with Gasteiger partial charge in [0, 0.05) is 30.9 Å². The SMILES string of the molecule is COC(=O)c1ccc(C(=O)Nc2ccc(CCN(C)C(=O)OC(C)(C)C)cc2)c(NC(=O)c2cnc3ccccc3c2)c1. The number of para-hydroxylation sites is 1. The van der Waals surface area contributed by atoms with Gasteiger partial charge in [-0.15, -0.1) is 0 Å². The molecule has 0 aliphatic carbocycles. The van der Waals surface area contributed by atoms with Crippen LogP contribution in [0.1, 0.15) is 57.4 Å². The van der Waals surface area contributed by atoms with Gasteiger partial charge in [-0.1, -0.05) is 30.3 Å². The number of hydrogen-bond donors (Lipinski definition) is 2. The summed E-state index contributed by atoms with van der Waals surface area (Å²) >= 11 is 0. The van der Waals surface area contributed by atoms with Crippen molar-refractivity contribution in [2.24, 2.45) is 0 Å².